The summed E-state index contributed by atoms with van der Waals surface area (Å²) in [4.78, 5) is 36.0. The summed E-state index contributed by atoms with van der Waals surface area (Å²) < 4.78 is 0. The number of amides is 2. The number of hydrogen-bond donors (Lipinski definition) is 2. The Morgan fingerprint density at radius 3 is 2.52 bits per heavy atom. The number of nitrogens with one attached hydrogen (secondary N) is 1. The van der Waals surface area contributed by atoms with Gasteiger partial charge < -0.3 is 16.0 Å². The number of benzene rings is 2. The van der Waals surface area contributed by atoms with Crippen molar-refractivity contribution >= 4 is 34.6 Å². The number of nitrogens with zero attached hydrogens (tertiary/aromatic N) is 2. The number of nitro benzene ring substituents is 1. The Morgan fingerprint density at radius 1 is 1.20 bits per heavy atom. The van der Waals surface area contributed by atoms with Crippen LogP contribution in [0.2, 0.25) is 0 Å². The number of carbonyl (C=O) groups is 2. The van der Waals surface area contributed by atoms with Gasteiger partial charge >= 0.3 is 0 Å². The highest BCUT2D eigenvalue weighted by Gasteiger charge is 2.21. The number of nitro groups is 1. The third-order valence-corrected chi connectivity index (χ3v) is 4.00. The highest BCUT2D eigenvalue weighted by Crippen LogP contribution is 2.25. The predicted molar refractivity (Wildman–Crippen MR) is 93.5 cm³/mol. The van der Waals surface area contributed by atoms with E-state index in [-0.39, 0.29) is 22.8 Å². The second kappa shape index (κ2) is 6.60. The molecule has 25 heavy (non-hydrogen) atoms. The molecule has 2 aromatic carbocycles. The summed E-state index contributed by atoms with van der Waals surface area (Å²) in [5.74, 6) is -0.390. The summed E-state index contributed by atoms with van der Waals surface area (Å²) in [6, 6.07) is 10.8. The van der Waals surface area contributed by atoms with E-state index in [2.05, 4.69) is 5.32 Å². The van der Waals surface area contributed by atoms with Crippen LogP contribution in [0.1, 0.15) is 23.2 Å². The Labute approximate surface area is 143 Å². The molecule has 0 saturated carbocycles. The predicted octanol–water partition coefficient (Wildman–Crippen LogP) is 2.56. The minimum atomic E-state index is -0.631. The molecule has 1 fully saturated rings. The standard InChI is InChI=1S/C17H16N4O4/c18-14-8-3-11(10-15(14)21(24)25)17(23)19-12-4-6-13(7-5-12)20-9-1-2-16(20)22/h3-8,10H,1-2,9,18H2,(H,19,23). The van der Waals surface area contributed by atoms with Gasteiger partial charge in [0.1, 0.15) is 5.69 Å². The third-order valence-electron chi connectivity index (χ3n) is 4.00. The lowest BCUT2D eigenvalue weighted by atomic mass is 10.1. The molecule has 0 spiro atoms. The molecule has 1 aliphatic rings. The lowest BCUT2D eigenvalue weighted by Gasteiger charge is -2.16. The highest BCUT2D eigenvalue weighted by molar-refractivity contribution is 6.05. The normalized spacial score (nSPS) is 13.8. The molecule has 3 N–H and O–H groups in total. The molecule has 0 aliphatic carbocycles. The zero-order valence-corrected chi connectivity index (χ0v) is 13.3. The van der Waals surface area contributed by atoms with Crippen LogP contribution in [-0.4, -0.2) is 23.3 Å². The van der Waals surface area contributed by atoms with E-state index < -0.39 is 10.8 Å². The number of hydrogen-bond acceptors (Lipinski definition) is 5. The molecule has 1 aliphatic heterocycles. The van der Waals surface area contributed by atoms with E-state index in [9.17, 15) is 19.7 Å². The van der Waals surface area contributed by atoms with Gasteiger partial charge in [0.2, 0.25) is 5.91 Å². The van der Waals surface area contributed by atoms with Gasteiger partial charge in [-0.3, -0.25) is 19.7 Å². The Balaban J connectivity index is 1.74. The van der Waals surface area contributed by atoms with Crippen molar-refractivity contribution in [1.29, 1.82) is 0 Å². The lowest BCUT2D eigenvalue weighted by Crippen LogP contribution is -2.23. The molecule has 0 atom stereocenters. The van der Waals surface area contributed by atoms with Crippen LogP contribution >= 0.6 is 0 Å². The summed E-state index contributed by atoms with van der Waals surface area (Å²) in [5.41, 5.74) is 6.66. The summed E-state index contributed by atoms with van der Waals surface area (Å²) in [5, 5.41) is 13.6. The molecular weight excluding hydrogens is 324 g/mol. The second-order valence-electron chi connectivity index (χ2n) is 5.68. The van der Waals surface area contributed by atoms with Crippen LogP contribution in [0.3, 0.4) is 0 Å². The largest absolute Gasteiger partial charge is 0.393 e. The number of nitrogens with two attached hydrogens (primary N) is 1. The fraction of sp³-hybridized carbons (Fsp3) is 0.176. The van der Waals surface area contributed by atoms with Gasteiger partial charge in [0, 0.05) is 36.0 Å². The van der Waals surface area contributed by atoms with Gasteiger partial charge in [-0.15, -0.1) is 0 Å². The molecule has 0 bridgehead atoms. The van der Waals surface area contributed by atoms with E-state index in [1.807, 2.05) is 0 Å². The quantitative estimate of drug-likeness (QED) is 0.504. The third kappa shape index (κ3) is 3.42. The monoisotopic (exact) mass is 340 g/mol. The first-order valence-electron chi connectivity index (χ1n) is 7.71. The zero-order chi connectivity index (χ0) is 18.0. The SMILES string of the molecule is Nc1ccc(C(=O)Nc2ccc(N3CCCC3=O)cc2)cc1[N+](=O)[O-]. The molecule has 3 rings (SSSR count). The first-order chi connectivity index (χ1) is 12.0. The van der Waals surface area contributed by atoms with Crippen LogP contribution in [0.5, 0.6) is 0 Å². The Kier molecular flexibility index (Phi) is 4.34. The summed E-state index contributed by atoms with van der Waals surface area (Å²) in [6.07, 6.45) is 1.39. The van der Waals surface area contributed by atoms with Crippen LogP contribution in [0.25, 0.3) is 0 Å². The van der Waals surface area contributed by atoms with Gasteiger partial charge in [-0.25, -0.2) is 0 Å². The topological polar surface area (TPSA) is 119 Å². The zero-order valence-electron chi connectivity index (χ0n) is 13.3. The van der Waals surface area contributed by atoms with E-state index in [1.54, 1.807) is 29.2 Å². The molecule has 0 aromatic heterocycles. The lowest BCUT2D eigenvalue weighted by molar-refractivity contribution is -0.383. The number of anilines is 3. The first kappa shape index (κ1) is 16.4. The first-order valence-corrected chi connectivity index (χ1v) is 7.71. The maximum Gasteiger partial charge on any atom is 0.292 e. The van der Waals surface area contributed by atoms with E-state index in [0.717, 1.165) is 18.2 Å². The average molecular weight is 340 g/mol. The fourth-order valence-corrected chi connectivity index (χ4v) is 2.69. The molecule has 8 heteroatoms. The van der Waals surface area contributed by atoms with Crippen molar-refractivity contribution in [3.05, 3.63) is 58.1 Å². The van der Waals surface area contributed by atoms with Gasteiger partial charge in [0.25, 0.3) is 11.6 Å². The number of carbonyl (C=O) groups excluding carboxylic acids is 2. The summed E-state index contributed by atoms with van der Waals surface area (Å²) >= 11 is 0. The van der Waals surface area contributed by atoms with Gasteiger partial charge in [-0.05, 0) is 42.8 Å². The van der Waals surface area contributed by atoms with Gasteiger partial charge in [0.15, 0.2) is 0 Å². The van der Waals surface area contributed by atoms with Gasteiger partial charge in [0.05, 0.1) is 4.92 Å². The minimum Gasteiger partial charge on any atom is -0.393 e. The Bertz CT molecular complexity index is 848. The smallest absolute Gasteiger partial charge is 0.292 e. The maximum atomic E-state index is 12.3. The Morgan fingerprint density at radius 2 is 1.92 bits per heavy atom. The van der Waals surface area contributed by atoms with E-state index in [0.29, 0.717) is 18.7 Å². The van der Waals surface area contributed by atoms with Crippen molar-refractivity contribution in [2.75, 3.05) is 22.5 Å². The molecular formula is C17H16N4O4. The van der Waals surface area contributed by atoms with Crippen LogP contribution in [0.15, 0.2) is 42.5 Å². The summed E-state index contributed by atoms with van der Waals surface area (Å²) in [7, 11) is 0. The van der Waals surface area contributed by atoms with Crippen LogP contribution < -0.4 is 16.0 Å². The van der Waals surface area contributed by atoms with Gasteiger partial charge in [-0.2, -0.15) is 0 Å². The van der Waals surface area contributed by atoms with E-state index in [4.69, 9.17) is 5.73 Å². The molecule has 8 nitrogen and oxygen atoms in total. The summed E-state index contributed by atoms with van der Waals surface area (Å²) in [6.45, 7) is 0.694. The minimum absolute atomic E-state index is 0.00110. The molecule has 128 valence electrons. The van der Waals surface area contributed by atoms with E-state index >= 15 is 0 Å². The molecule has 0 radical (unpaired) electrons. The van der Waals surface area contributed by atoms with Crippen molar-refractivity contribution in [2.24, 2.45) is 0 Å². The number of nitrogen functional groups attached to an aromatic ring is 1. The molecule has 2 amide bonds. The molecule has 0 unspecified atom stereocenters. The van der Waals surface area contributed by atoms with Crippen LogP contribution in [0.4, 0.5) is 22.7 Å². The van der Waals surface area contributed by atoms with E-state index in [1.165, 1.54) is 12.1 Å². The van der Waals surface area contributed by atoms with Crippen molar-refractivity contribution in [2.45, 2.75) is 12.8 Å². The van der Waals surface area contributed by atoms with Crippen molar-refractivity contribution in [3.8, 4) is 0 Å². The van der Waals surface area contributed by atoms with Crippen LogP contribution in [-0.2, 0) is 4.79 Å². The molecule has 1 saturated heterocycles. The maximum absolute atomic E-state index is 12.3. The average Bonchev–Trinajstić information content (AvgIpc) is 3.01. The molecule has 2 aromatic rings. The second-order valence-corrected chi connectivity index (χ2v) is 5.68. The van der Waals surface area contributed by atoms with Gasteiger partial charge in [-0.1, -0.05) is 0 Å². The van der Waals surface area contributed by atoms with Crippen molar-refractivity contribution in [3.63, 3.8) is 0 Å². The van der Waals surface area contributed by atoms with Crippen molar-refractivity contribution in [1.82, 2.24) is 0 Å². The Hall–Kier alpha value is -3.42. The molecule has 1 heterocycles. The van der Waals surface area contributed by atoms with Crippen LogP contribution in [0, 0.1) is 10.1 Å². The highest BCUT2D eigenvalue weighted by atomic mass is 16.6. The number of rotatable bonds is 4. The van der Waals surface area contributed by atoms with Crippen molar-refractivity contribution < 1.29 is 14.5 Å². The fourth-order valence-electron chi connectivity index (χ4n) is 2.69.